The zero-order valence-electron chi connectivity index (χ0n) is 18.8. The maximum atomic E-state index is 13.5. The van der Waals surface area contributed by atoms with Crippen LogP contribution >= 0.6 is 0 Å². The van der Waals surface area contributed by atoms with Crippen LogP contribution < -0.4 is 4.74 Å². The summed E-state index contributed by atoms with van der Waals surface area (Å²) in [6.07, 6.45) is 5.39. The Balaban J connectivity index is 2.29. The van der Waals surface area contributed by atoms with Crippen molar-refractivity contribution in [2.75, 3.05) is 0 Å². The second-order valence-electron chi connectivity index (χ2n) is 8.43. The third-order valence-corrected chi connectivity index (χ3v) is 5.89. The molecule has 1 amide bonds. The largest absolute Gasteiger partial charge is 0.481 e. The first-order valence-electron chi connectivity index (χ1n) is 11.4. The number of ether oxygens (including phenoxy) is 1. The molecule has 3 unspecified atom stereocenters. The monoisotopic (exact) mass is 436 g/mol. The number of aliphatic hydroxyl groups excluding tert-OH is 2. The summed E-state index contributed by atoms with van der Waals surface area (Å²) in [5.41, 5.74) is -0.0501. The number of aliphatic hydroxyl groups is 2. The molecule has 1 aromatic carbocycles. The summed E-state index contributed by atoms with van der Waals surface area (Å²) in [5, 5.41) is 31.6. The van der Waals surface area contributed by atoms with Gasteiger partial charge in [0, 0.05) is 12.1 Å². The highest BCUT2D eigenvalue weighted by Crippen LogP contribution is 2.31. The van der Waals surface area contributed by atoms with E-state index in [-0.39, 0.29) is 23.2 Å². The van der Waals surface area contributed by atoms with Gasteiger partial charge in [-0.15, -0.1) is 0 Å². The van der Waals surface area contributed by atoms with Gasteiger partial charge in [0.15, 0.2) is 6.10 Å². The topological polar surface area (TPSA) is 113 Å². The number of hydrogen-bond donors (Lipinski definition) is 2. The van der Waals surface area contributed by atoms with E-state index in [1.807, 2.05) is 0 Å². The van der Waals surface area contributed by atoms with E-state index in [4.69, 9.17) is 4.74 Å². The SMILES string of the molecule is CCCCCC(Oc1ccc([N+](=O)[O-])c(C(C)O)c1)C(=O)N(C(C)O)C1CCCCC1. The van der Waals surface area contributed by atoms with Crippen LogP contribution in [0.4, 0.5) is 5.69 Å². The molecule has 0 radical (unpaired) electrons. The molecule has 0 bridgehead atoms. The molecular weight excluding hydrogens is 400 g/mol. The molecule has 1 aliphatic carbocycles. The lowest BCUT2D eigenvalue weighted by atomic mass is 9.93. The fourth-order valence-corrected chi connectivity index (χ4v) is 4.28. The second-order valence-corrected chi connectivity index (χ2v) is 8.43. The maximum Gasteiger partial charge on any atom is 0.275 e. The molecule has 1 aromatic rings. The molecule has 31 heavy (non-hydrogen) atoms. The highest BCUT2D eigenvalue weighted by Gasteiger charge is 2.34. The van der Waals surface area contributed by atoms with Gasteiger partial charge in [0.1, 0.15) is 12.0 Å². The predicted octanol–water partition coefficient (Wildman–Crippen LogP) is 4.48. The van der Waals surface area contributed by atoms with E-state index in [1.165, 1.54) is 25.1 Å². The molecule has 174 valence electrons. The molecule has 1 fully saturated rings. The van der Waals surface area contributed by atoms with E-state index in [0.29, 0.717) is 12.2 Å². The van der Waals surface area contributed by atoms with Crippen LogP contribution in [0.3, 0.4) is 0 Å². The van der Waals surface area contributed by atoms with Crippen molar-refractivity contribution in [2.45, 2.75) is 103 Å². The lowest BCUT2D eigenvalue weighted by Crippen LogP contribution is -2.52. The molecule has 0 heterocycles. The molecule has 8 heteroatoms. The van der Waals surface area contributed by atoms with Crippen LogP contribution in [0.2, 0.25) is 0 Å². The van der Waals surface area contributed by atoms with Gasteiger partial charge in [-0.2, -0.15) is 0 Å². The summed E-state index contributed by atoms with van der Waals surface area (Å²) in [5.74, 6) is 0.0421. The van der Waals surface area contributed by atoms with Crippen LogP contribution in [0.1, 0.15) is 90.2 Å². The van der Waals surface area contributed by atoms with Crippen LogP contribution in [0.25, 0.3) is 0 Å². The van der Waals surface area contributed by atoms with Crippen LogP contribution in [0, 0.1) is 10.1 Å². The van der Waals surface area contributed by atoms with Crippen LogP contribution in [-0.2, 0) is 4.79 Å². The highest BCUT2D eigenvalue weighted by atomic mass is 16.6. The average molecular weight is 437 g/mol. The minimum Gasteiger partial charge on any atom is -0.481 e. The Kier molecular flexibility index (Phi) is 9.71. The Morgan fingerprint density at radius 2 is 1.90 bits per heavy atom. The molecule has 0 spiro atoms. The fourth-order valence-electron chi connectivity index (χ4n) is 4.28. The van der Waals surface area contributed by atoms with E-state index in [2.05, 4.69) is 6.92 Å². The predicted molar refractivity (Wildman–Crippen MR) is 118 cm³/mol. The minimum atomic E-state index is -1.05. The van der Waals surface area contributed by atoms with E-state index in [1.54, 1.807) is 11.8 Å². The number of rotatable bonds is 11. The van der Waals surface area contributed by atoms with Crippen molar-refractivity contribution in [2.24, 2.45) is 0 Å². The molecule has 1 saturated carbocycles. The van der Waals surface area contributed by atoms with Crippen molar-refractivity contribution >= 4 is 11.6 Å². The van der Waals surface area contributed by atoms with E-state index < -0.39 is 23.4 Å². The minimum absolute atomic E-state index is 0.0107. The lowest BCUT2D eigenvalue weighted by Gasteiger charge is -2.38. The van der Waals surface area contributed by atoms with Gasteiger partial charge in [-0.3, -0.25) is 14.9 Å². The Morgan fingerprint density at radius 1 is 1.23 bits per heavy atom. The number of unbranched alkanes of at least 4 members (excludes halogenated alkanes) is 2. The van der Waals surface area contributed by atoms with Gasteiger partial charge >= 0.3 is 0 Å². The van der Waals surface area contributed by atoms with Gasteiger partial charge in [0.25, 0.3) is 11.6 Å². The number of carbonyl (C=O) groups excluding carboxylic acids is 1. The molecule has 0 aromatic heterocycles. The Hall–Kier alpha value is -2.19. The number of amides is 1. The van der Waals surface area contributed by atoms with Crippen molar-refractivity contribution in [1.29, 1.82) is 0 Å². The van der Waals surface area contributed by atoms with Crippen molar-refractivity contribution < 1.29 is 24.7 Å². The summed E-state index contributed by atoms with van der Waals surface area (Å²) < 4.78 is 6.03. The highest BCUT2D eigenvalue weighted by molar-refractivity contribution is 5.81. The molecule has 1 aliphatic rings. The van der Waals surface area contributed by atoms with Gasteiger partial charge in [-0.1, -0.05) is 39.0 Å². The Labute approximate surface area is 184 Å². The van der Waals surface area contributed by atoms with Crippen LogP contribution in [-0.4, -0.2) is 44.3 Å². The van der Waals surface area contributed by atoms with Gasteiger partial charge in [0.05, 0.1) is 16.6 Å². The molecule has 3 atom stereocenters. The number of nitro groups is 1. The Bertz CT molecular complexity index is 731. The summed E-state index contributed by atoms with van der Waals surface area (Å²) in [4.78, 5) is 25.7. The first-order valence-corrected chi connectivity index (χ1v) is 11.4. The third-order valence-electron chi connectivity index (χ3n) is 5.89. The average Bonchev–Trinajstić information content (AvgIpc) is 2.73. The number of nitrogens with zero attached hydrogens (tertiary/aromatic N) is 2. The fraction of sp³-hybridized carbons (Fsp3) is 0.696. The second kappa shape index (κ2) is 12.0. The summed E-state index contributed by atoms with van der Waals surface area (Å²) in [7, 11) is 0. The normalized spacial score (nSPS) is 17.6. The summed E-state index contributed by atoms with van der Waals surface area (Å²) in [6, 6.07) is 4.16. The van der Waals surface area contributed by atoms with Crippen molar-refractivity contribution in [1.82, 2.24) is 4.90 Å². The standard InChI is InChI=1S/C23H36N2O6/c1-4-5-7-12-22(23(28)24(17(3)27)18-10-8-6-9-11-18)31-19-13-14-21(25(29)30)20(15-19)16(2)26/h13-18,22,26-27H,4-12H2,1-3H3. The molecule has 0 aliphatic heterocycles. The number of nitro benzene ring substituents is 1. The lowest BCUT2D eigenvalue weighted by molar-refractivity contribution is -0.386. The van der Waals surface area contributed by atoms with Gasteiger partial charge in [-0.05, 0) is 51.7 Å². The number of hydrogen-bond acceptors (Lipinski definition) is 6. The zero-order valence-corrected chi connectivity index (χ0v) is 18.8. The van der Waals surface area contributed by atoms with E-state index in [0.717, 1.165) is 51.4 Å². The van der Waals surface area contributed by atoms with Gasteiger partial charge in [-0.25, -0.2) is 0 Å². The third kappa shape index (κ3) is 6.90. The Morgan fingerprint density at radius 3 is 2.45 bits per heavy atom. The van der Waals surface area contributed by atoms with Gasteiger partial charge in [0.2, 0.25) is 0 Å². The van der Waals surface area contributed by atoms with Crippen molar-refractivity contribution in [3.05, 3.63) is 33.9 Å². The smallest absolute Gasteiger partial charge is 0.275 e. The first-order chi connectivity index (χ1) is 14.8. The van der Waals surface area contributed by atoms with Crippen LogP contribution in [0.15, 0.2) is 18.2 Å². The molecule has 0 saturated heterocycles. The molecule has 2 rings (SSSR count). The van der Waals surface area contributed by atoms with Crippen molar-refractivity contribution in [3.63, 3.8) is 0 Å². The van der Waals surface area contributed by atoms with Crippen molar-refractivity contribution in [3.8, 4) is 5.75 Å². The molecular formula is C23H36N2O6. The quantitative estimate of drug-likeness (QED) is 0.229. The summed E-state index contributed by atoms with van der Waals surface area (Å²) >= 11 is 0. The van der Waals surface area contributed by atoms with E-state index >= 15 is 0 Å². The molecule has 8 nitrogen and oxygen atoms in total. The first kappa shape index (κ1) is 25.1. The van der Waals surface area contributed by atoms with Crippen LogP contribution in [0.5, 0.6) is 5.75 Å². The number of benzene rings is 1. The zero-order chi connectivity index (χ0) is 23.0. The summed E-state index contributed by atoms with van der Waals surface area (Å²) in [6.45, 7) is 5.13. The maximum absolute atomic E-state index is 13.5. The van der Waals surface area contributed by atoms with E-state index in [9.17, 15) is 25.1 Å². The molecule has 2 N–H and O–H groups in total. The number of carbonyl (C=O) groups is 1. The van der Waals surface area contributed by atoms with Gasteiger partial charge < -0.3 is 19.8 Å².